The summed E-state index contributed by atoms with van der Waals surface area (Å²) in [6, 6.07) is 3.79. The first-order chi connectivity index (χ1) is 6.33. The first-order valence-corrected chi connectivity index (χ1v) is 4.95. The molecule has 1 rings (SSSR count). The minimum absolute atomic E-state index is 0.181. The molecule has 0 fully saturated rings. The third-order valence-electron chi connectivity index (χ3n) is 1.42. The van der Waals surface area contributed by atoms with Crippen LogP contribution in [0, 0.1) is 0 Å². The number of carbonyl (C=O) groups excluding carboxylic acids is 1. The molecule has 0 saturated heterocycles. The second-order valence-electron chi connectivity index (χ2n) is 2.43. The van der Waals surface area contributed by atoms with Crippen LogP contribution >= 0.6 is 12.0 Å². The number of carbonyl (C=O) groups is 1. The van der Waals surface area contributed by atoms with Gasteiger partial charge in [0.2, 0.25) is 0 Å². The molecule has 0 aliphatic heterocycles. The summed E-state index contributed by atoms with van der Waals surface area (Å²) in [7, 11) is 0. The molecule has 0 spiro atoms. The van der Waals surface area contributed by atoms with Crippen molar-refractivity contribution in [1.29, 1.82) is 0 Å². The lowest BCUT2D eigenvalue weighted by Crippen LogP contribution is -1.95. The molecule has 0 amide bonds. The number of aromatic nitrogens is 1. The molecule has 0 N–H and O–H groups in total. The quantitative estimate of drug-likeness (QED) is 0.693. The molecule has 1 heterocycles. The lowest BCUT2D eigenvalue weighted by molar-refractivity contribution is -0.132. The van der Waals surface area contributed by atoms with E-state index in [9.17, 15) is 4.79 Å². The first-order valence-electron chi connectivity index (χ1n) is 4.04. The van der Waals surface area contributed by atoms with E-state index in [0.717, 1.165) is 17.6 Å². The normalized spacial score (nSPS) is 9.62. The van der Waals surface area contributed by atoms with Crippen LogP contribution in [-0.4, -0.2) is 11.0 Å². The molecule has 0 aliphatic carbocycles. The van der Waals surface area contributed by atoms with Crippen molar-refractivity contribution in [2.24, 2.45) is 0 Å². The Hall–Kier alpha value is -1.03. The summed E-state index contributed by atoms with van der Waals surface area (Å²) >= 11 is 1.16. The van der Waals surface area contributed by atoms with Crippen LogP contribution in [0.3, 0.4) is 0 Å². The number of hydrogen-bond donors (Lipinski definition) is 0. The maximum absolute atomic E-state index is 10.7. The third kappa shape index (κ3) is 3.94. The molecule has 1 aromatic rings. The average Bonchev–Trinajstić information content (AvgIpc) is 2.19. The highest BCUT2D eigenvalue weighted by atomic mass is 32.2. The van der Waals surface area contributed by atoms with Crippen LogP contribution in [0.25, 0.3) is 0 Å². The van der Waals surface area contributed by atoms with Crippen LogP contribution in [0.4, 0.5) is 0 Å². The van der Waals surface area contributed by atoms with Gasteiger partial charge in [-0.2, -0.15) is 0 Å². The molecule has 4 heteroatoms. The molecule has 0 aliphatic rings. The standard InChI is InChI=1S/C9H11NO2S/c1-2-9(11)12-13-7-8-3-5-10-6-4-8/h3-6H,2,7H2,1H3. The fraction of sp³-hybridized carbons (Fsp3) is 0.333. The highest BCUT2D eigenvalue weighted by Crippen LogP contribution is 2.12. The van der Waals surface area contributed by atoms with Crippen LogP contribution < -0.4 is 0 Å². The van der Waals surface area contributed by atoms with Crippen molar-refractivity contribution in [1.82, 2.24) is 4.98 Å². The zero-order chi connectivity index (χ0) is 9.52. The summed E-state index contributed by atoms with van der Waals surface area (Å²) in [6.07, 6.45) is 3.86. The summed E-state index contributed by atoms with van der Waals surface area (Å²) in [5, 5.41) is 0. The van der Waals surface area contributed by atoms with Gasteiger partial charge in [-0.15, -0.1) is 0 Å². The second kappa shape index (κ2) is 5.59. The van der Waals surface area contributed by atoms with Gasteiger partial charge in [0, 0.05) is 18.8 Å². The van der Waals surface area contributed by atoms with Crippen molar-refractivity contribution in [3.05, 3.63) is 30.1 Å². The number of pyridine rings is 1. The fourth-order valence-corrected chi connectivity index (χ4v) is 1.34. The van der Waals surface area contributed by atoms with Gasteiger partial charge in [0.1, 0.15) is 0 Å². The lowest BCUT2D eigenvalue weighted by Gasteiger charge is -2.00. The van der Waals surface area contributed by atoms with E-state index in [-0.39, 0.29) is 5.97 Å². The largest absolute Gasteiger partial charge is 0.391 e. The Balaban J connectivity index is 2.24. The van der Waals surface area contributed by atoms with E-state index < -0.39 is 0 Å². The monoisotopic (exact) mass is 197 g/mol. The van der Waals surface area contributed by atoms with Gasteiger partial charge in [0.25, 0.3) is 0 Å². The third-order valence-corrected chi connectivity index (χ3v) is 2.17. The molecular weight excluding hydrogens is 186 g/mol. The highest BCUT2D eigenvalue weighted by Gasteiger charge is 1.99. The molecule has 0 bridgehead atoms. The Morgan fingerprint density at radius 3 is 2.85 bits per heavy atom. The Bertz CT molecular complexity index is 264. The zero-order valence-corrected chi connectivity index (χ0v) is 8.21. The van der Waals surface area contributed by atoms with E-state index >= 15 is 0 Å². The van der Waals surface area contributed by atoms with Crippen molar-refractivity contribution in [3.8, 4) is 0 Å². The van der Waals surface area contributed by atoms with Crippen molar-refractivity contribution in [2.45, 2.75) is 19.1 Å². The lowest BCUT2D eigenvalue weighted by atomic mass is 10.3. The minimum atomic E-state index is -0.181. The summed E-state index contributed by atoms with van der Waals surface area (Å²) in [4.78, 5) is 14.6. The number of nitrogens with zero attached hydrogens (tertiary/aromatic N) is 1. The smallest absolute Gasteiger partial charge is 0.317 e. The molecule has 3 nitrogen and oxygen atoms in total. The predicted molar refractivity (Wildman–Crippen MR) is 51.9 cm³/mol. The number of rotatable bonds is 4. The van der Waals surface area contributed by atoms with Crippen molar-refractivity contribution < 1.29 is 8.98 Å². The summed E-state index contributed by atoms with van der Waals surface area (Å²) in [6.45, 7) is 1.77. The van der Waals surface area contributed by atoms with Gasteiger partial charge in [-0.1, -0.05) is 6.92 Å². The molecule has 0 atom stereocenters. The SMILES string of the molecule is CCC(=O)OSCc1ccncc1. The van der Waals surface area contributed by atoms with Gasteiger partial charge in [-0.3, -0.25) is 9.78 Å². The molecule has 13 heavy (non-hydrogen) atoms. The van der Waals surface area contributed by atoms with Gasteiger partial charge < -0.3 is 4.18 Å². The van der Waals surface area contributed by atoms with E-state index in [0.29, 0.717) is 12.2 Å². The molecule has 0 aromatic carbocycles. The summed E-state index contributed by atoms with van der Waals surface area (Å²) < 4.78 is 4.85. The number of hydrogen-bond acceptors (Lipinski definition) is 4. The zero-order valence-electron chi connectivity index (χ0n) is 7.40. The van der Waals surface area contributed by atoms with E-state index in [1.54, 1.807) is 19.3 Å². The van der Waals surface area contributed by atoms with E-state index in [1.807, 2.05) is 12.1 Å². The Labute approximate surface area is 81.7 Å². The topological polar surface area (TPSA) is 39.2 Å². The summed E-state index contributed by atoms with van der Waals surface area (Å²) in [5.41, 5.74) is 1.10. The van der Waals surface area contributed by atoms with E-state index in [4.69, 9.17) is 4.18 Å². The molecule has 0 radical (unpaired) electrons. The minimum Gasteiger partial charge on any atom is -0.391 e. The maximum atomic E-state index is 10.7. The maximum Gasteiger partial charge on any atom is 0.317 e. The molecule has 0 saturated carbocycles. The average molecular weight is 197 g/mol. The fourth-order valence-electron chi connectivity index (χ4n) is 0.701. The molecule has 1 aromatic heterocycles. The molecule has 0 unspecified atom stereocenters. The van der Waals surface area contributed by atoms with Gasteiger partial charge in [-0.25, -0.2) is 0 Å². The highest BCUT2D eigenvalue weighted by molar-refractivity contribution is 7.94. The Kier molecular flexibility index (Phi) is 4.32. The Morgan fingerprint density at radius 2 is 2.23 bits per heavy atom. The van der Waals surface area contributed by atoms with Gasteiger partial charge in [0.05, 0.1) is 17.8 Å². The van der Waals surface area contributed by atoms with Crippen molar-refractivity contribution >= 4 is 18.0 Å². The van der Waals surface area contributed by atoms with E-state index in [2.05, 4.69) is 4.98 Å². The molecule has 70 valence electrons. The summed E-state index contributed by atoms with van der Waals surface area (Å²) in [5.74, 6) is 0.493. The van der Waals surface area contributed by atoms with Gasteiger partial charge >= 0.3 is 5.97 Å². The van der Waals surface area contributed by atoms with Crippen LogP contribution in [0.2, 0.25) is 0 Å². The van der Waals surface area contributed by atoms with Crippen molar-refractivity contribution in [3.63, 3.8) is 0 Å². The van der Waals surface area contributed by atoms with Crippen molar-refractivity contribution in [2.75, 3.05) is 0 Å². The van der Waals surface area contributed by atoms with Crippen LogP contribution in [0.1, 0.15) is 18.9 Å². The second-order valence-corrected chi connectivity index (χ2v) is 3.12. The van der Waals surface area contributed by atoms with Crippen LogP contribution in [0.15, 0.2) is 24.5 Å². The van der Waals surface area contributed by atoms with Gasteiger partial charge in [-0.05, 0) is 17.7 Å². The van der Waals surface area contributed by atoms with Gasteiger partial charge in [0.15, 0.2) is 0 Å². The Morgan fingerprint density at radius 1 is 1.54 bits per heavy atom. The van der Waals surface area contributed by atoms with Crippen LogP contribution in [0.5, 0.6) is 0 Å². The van der Waals surface area contributed by atoms with Crippen LogP contribution in [-0.2, 0) is 14.7 Å². The predicted octanol–water partition coefficient (Wildman–Crippen LogP) is 2.18. The first kappa shape index (κ1) is 10.1. The van der Waals surface area contributed by atoms with E-state index in [1.165, 1.54) is 0 Å². The molecular formula is C9H11NO2S.